The molecule has 2 aliphatic heterocycles. The van der Waals surface area contributed by atoms with Crippen molar-refractivity contribution in [2.45, 2.75) is 25.3 Å². The first-order valence-corrected chi connectivity index (χ1v) is 11.4. The summed E-state index contributed by atoms with van der Waals surface area (Å²) >= 11 is 0. The minimum absolute atomic E-state index is 0.0241. The molecule has 1 aromatic carbocycles. The van der Waals surface area contributed by atoms with Crippen molar-refractivity contribution in [1.82, 2.24) is 9.80 Å². The number of likely N-dealkylation sites (N-methyl/N-ethyl adjacent to an activating group) is 1. The maximum absolute atomic E-state index is 12.7. The molecule has 9 heteroatoms. The molecule has 0 saturated heterocycles. The highest BCUT2D eigenvalue weighted by atomic mass is 32.2. The maximum Gasteiger partial charge on any atom is 0.340 e. The number of rotatable bonds is 4. The Labute approximate surface area is 175 Å². The summed E-state index contributed by atoms with van der Waals surface area (Å²) in [5, 5.41) is 0. The van der Waals surface area contributed by atoms with E-state index in [1.54, 1.807) is 16.8 Å². The first-order valence-electron chi connectivity index (χ1n) is 9.84. The molecule has 0 spiro atoms. The van der Waals surface area contributed by atoms with Crippen molar-refractivity contribution >= 4 is 27.7 Å². The zero-order chi connectivity index (χ0) is 21.3. The molecular formula is C21H23N3O5S. The SMILES string of the molecule is CN(C(=O)COC(=O)C1=CN2CCS(=O)(=O)N=C2C=C1)C1CCCc2ccccc21. The molecule has 0 N–H and O–H groups in total. The van der Waals surface area contributed by atoms with Crippen LogP contribution in [0, 0.1) is 0 Å². The second-order valence-corrected chi connectivity index (χ2v) is 9.29. The summed E-state index contributed by atoms with van der Waals surface area (Å²) in [6, 6.07) is 8.09. The van der Waals surface area contributed by atoms with Gasteiger partial charge < -0.3 is 14.5 Å². The molecule has 0 bridgehead atoms. The molecule has 158 valence electrons. The van der Waals surface area contributed by atoms with Crippen LogP contribution in [0.25, 0.3) is 0 Å². The number of amides is 1. The van der Waals surface area contributed by atoms with E-state index in [1.165, 1.54) is 23.9 Å². The molecule has 1 unspecified atom stereocenters. The van der Waals surface area contributed by atoms with Crippen LogP contribution in [-0.2, 0) is 30.8 Å². The van der Waals surface area contributed by atoms with Crippen molar-refractivity contribution in [3.8, 4) is 0 Å². The van der Waals surface area contributed by atoms with Gasteiger partial charge in [0.15, 0.2) is 6.61 Å². The molecule has 30 heavy (non-hydrogen) atoms. The Morgan fingerprint density at radius 1 is 1.27 bits per heavy atom. The number of carbonyl (C=O) groups is 2. The summed E-state index contributed by atoms with van der Waals surface area (Å²) < 4.78 is 32.0. The Bertz CT molecular complexity index is 1070. The summed E-state index contributed by atoms with van der Waals surface area (Å²) in [6.45, 7) is -0.139. The van der Waals surface area contributed by atoms with E-state index >= 15 is 0 Å². The second kappa shape index (κ2) is 8.06. The Kier molecular flexibility index (Phi) is 5.46. The molecule has 1 aromatic rings. The Balaban J connectivity index is 1.37. The highest BCUT2D eigenvalue weighted by Crippen LogP contribution is 2.33. The van der Waals surface area contributed by atoms with E-state index in [0.29, 0.717) is 0 Å². The topological polar surface area (TPSA) is 96.4 Å². The Morgan fingerprint density at radius 2 is 2.07 bits per heavy atom. The summed E-state index contributed by atoms with van der Waals surface area (Å²) in [6.07, 6.45) is 7.30. The number of benzene rings is 1. The third-order valence-corrected chi connectivity index (χ3v) is 6.75. The van der Waals surface area contributed by atoms with E-state index in [0.717, 1.165) is 24.8 Å². The fourth-order valence-electron chi connectivity index (χ4n) is 3.94. The fraction of sp³-hybridized carbons (Fsp3) is 0.381. The van der Waals surface area contributed by atoms with Crippen molar-refractivity contribution in [1.29, 1.82) is 0 Å². The van der Waals surface area contributed by atoms with E-state index in [-0.39, 0.29) is 42.3 Å². The number of amidine groups is 1. The molecule has 8 nitrogen and oxygen atoms in total. The van der Waals surface area contributed by atoms with E-state index in [1.807, 2.05) is 18.2 Å². The molecule has 0 fully saturated rings. The molecule has 2 heterocycles. The lowest BCUT2D eigenvalue weighted by Crippen LogP contribution is -2.38. The Morgan fingerprint density at radius 3 is 2.90 bits per heavy atom. The van der Waals surface area contributed by atoms with Gasteiger partial charge in [0.25, 0.3) is 15.9 Å². The van der Waals surface area contributed by atoms with Crippen LogP contribution in [0.2, 0.25) is 0 Å². The normalized spacial score (nSPS) is 21.6. The minimum atomic E-state index is -3.45. The molecule has 0 radical (unpaired) electrons. The molecule has 3 aliphatic rings. The lowest BCUT2D eigenvalue weighted by Gasteiger charge is -2.33. The Hall–Kier alpha value is -2.94. The smallest absolute Gasteiger partial charge is 0.340 e. The van der Waals surface area contributed by atoms with Crippen molar-refractivity contribution in [2.24, 2.45) is 4.40 Å². The number of esters is 1. The van der Waals surface area contributed by atoms with Crippen LogP contribution in [0.5, 0.6) is 0 Å². The number of hydrogen-bond acceptors (Lipinski definition) is 6. The quantitative estimate of drug-likeness (QED) is 0.674. The molecule has 1 aliphatic carbocycles. The minimum Gasteiger partial charge on any atom is -0.452 e. The van der Waals surface area contributed by atoms with Crippen LogP contribution in [0.3, 0.4) is 0 Å². The van der Waals surface area contributed by atoms with Gasteiger partial charge >= 0.3 is 5.97 Å². The second-order valence-electron chi connectivity index (χ2n) is 7.53. The predicted molar refractivity (Wildman–Crippen MR) is 111 cm³/mol. The van der Waals surface area contributed by atoms with Gasteiger partial charge in [-0.1, -0.05) is 24.3 Å². The lowest BCUT2D eigenvalue weighted by molar-refractivity contribution is -0.149. The third-order valence-electron chi connectivity index (χ3n) is 5.59. The maximum atomic E-state index is 12.7. The zero-order valence-electron chi connectivity index (χ0n) is 16.7. The first kappa shape index (κ1) is 20.3. The standard InChI is InChI=1S/C21H23N3O5S/c1-23(18-8-4-6-15-5-2-3-7-17(15)18)20(25)14-29-21(26)16-9-10-19-22-30(27,28)12-11-24(19)13-16/h2-3,5,7,9-10,13,18H,4,6,8,11-12,14H2,1H3. The molecule has 4 rings (SSSR count). The first-order chi connectivity index (χ1) is 14.3. The van der Waals surface area contributed by atoms with Crippen LogP contribution >= 0.6 is 0 Å². The van der Waals surface area contributed by atoms with Gasteiger partial charge in [0.05, 0.1) is 17.4 Å². The van der Waals surface area contributed by atoms with Crippen LogP contribution in [0.15, 0.2) is 52.6 Å². The molecule has 1 amide bonds. The van der Waals surface area contributed by atoms with Gasteiger partial charge in [0, 0.05) is 19.8 Å². The van der Waals surface area contributed by atoms with E-state index in [2.05, 4.69) is 10.5 Å². The van der Waals surface area contributed by atoms with Gasteiger partial charge in [0.1, 0.15) is 5.84 Å². The number of nitrogens with zero attached hydrogens (tertiary/aromatic N) is 3. The van der Waals surface area contributed by atoms with E-state index in [4.69, 9.17) is 4.74 Å². The highest BCUT2D eigenvalue weighted by Gasteiger charge is 2.28. The fourth-order valence-corrected chi connectivity index (χ4v) is 4.91. The largest absolute Gasteiger partial charge is 0.452 e. The average Bonchev–Trinajstić information content (AvgIpc) is 2.75. The van der Waals surface area contributed by atoms with Gasteiger partial charge in [-0.15, -0.1) is 4.40 Å². The van der Waals surface area contributed by atoms with Crippen LogP contribution in [-0.4, -0.2) is 61.9 Å². The number of sulfonamides is 1. The van der Waals surface area contributed by atoms with Gasteiger partial charge in [-0.2, -0.15) is 0 Å². The van der Waals surface area contributed by atoms with Gasteiger partial charge in [-0.05, 0) is 42.5 Å². The number of fused-ring (bicyclic) bond motifs is 2. The van der Waals surface area contributed by atoms with Crippen molar-refractivity contribution in [3.63, 3.8) is 0 Å². The molecule has 0 saturated carbocycles. The van der Waals surface area contributed by atoms with Gasteiger partial charge in [-0.25, -0.2) is 13.2 Å². The van der Waals surface area contributed by atoms with Crippen LogP contribution < -0.4 is 0 Å². The highest BCUT2D eigenvalue weighted by molar-refractivity contribution is 7.90. The summed E-state index contributed by atoms with van der Waals surface area (Å²) in [5.74, 6) is -0.749. The third kappa shape index (κ3) is 4.16. The molecule has 1 atom stereocenters. The number of aryl methyl sites for hydroxylation is 1. The summed E-state index contributed by atoms with van der Waals surface area (Å²) in [7, 11) is -1.72. The lowest BCUT2D eigenvalue weighted by atomic mass is 9.87. The number of carbonyl (C=O) groups excluding carboxylic acids is 2. The molecular weight excluding hydrogens is 406 g/mol. The van der Waals surface area contributed by atoms with Crippen molar-refractivity contribution in [3.05, 3.63) is 59.3 Å². The number of hydrogen-bond donors (Lipinski definition) is 0. The molecule has 0 aromatic heterocycles. The zero-order valence-corrected chi connectivity index (χ0v) is 17.5. The average molecular weight is 429 g/mol. The monoisotopic (exact) mass is 429 g/mol. The van der Waals surface area contributed by atoms with Crippen LogP contribution in [0.4, 0.5) is 0 Å². The van der Waals surface area contributed by atoms with E-state index in [9.17, 15) is 18.0 Å². The van der Waals surface area contributed by atoms with Crippen LogP contribution in [0.1, 0.15) is 30.0 Å². The van der Waals surface area contributed by atoms with Gasteiger partial charge in [0.2, 0.25) is 0 Å². The summed E-state index contributed by atoms with van der Waals surface area (Å²) in [4.78, 5) is 28.3. The number of ether oxygens (including phenoxy) is 1. The van der Waals surface area contributed by atoms with Crippen molar-refractivity contribution < 1.29 is 22.7 Å². The van der Waals surface area contributed by atoms with Crippen molar-refractivity contribution in [2.75, 3.05) is 26.0 Å². The summed E-state index contributed by atoms with van der Waals surface area (Å²) in [5.41, 5.74) is 2.64. The predicted octanol–water partition coefficient (Wildman–Crippen LogP) is 1.56. The van der Waals surface area contributed by atoms with E-state index < -0.39 is 16.0 Å². The van der Waals surface area contributed by atoms with Gasteiger partial charge in [-0.3, -0.25) is 4.79 Å².